The van der Waals surface area contributed by atoms with E-state index >= 15 is 0 Å². The molecule has 0 spiro atoms. The molecular formula is C16H16O3S. The summed E-state index contributed by atoms with van der Waals surface area (Å²) >= 11 is 1.44. The van der Waals surface area contributed by atoms with Crippen LogP contribution < -0.4 is 4.74 Å². The molecule has 104 valence electrons. The van der Waals surface area contributed by atoms with Crippen molar-refractivity contribution >= 4 is 39.1 Å². The van der Waals surface area contributed by atoms with Gasteiger partial charge in [-0.15, -0.1) is 11.3 Å². The lowest BCUT2D eigenvalue weighted by Crippen LogP contribution is -1.99. The van der Waals surface area contributed by atoms with E-state index in [-0.39, 0.29) is 18.0 Å². The minimum absolute atomic E-state index is 0.0144. The number of ether oxygens (including phenoxy) is 1. The number of rotatable bonds is 6. The number of benzene rings is 1. The Hall–Kier alpha value is -1.94. The van der Waals surface area contributed by atoms with E-state index in [4.69, 9.17) is 4.74 Å². The van der Waals surface area contributed by atoms with Gasteiger partial charge in [0, 0.05) is 23.1 Å². The third-order valence-electron chi connectivity index (χ3n) is 3.07. The number of hydrogen-bond acceptors (Lipinski definition) is 4. The van der Waals surface area contributed by atoms with Gasteiger partial charge in [-0.25, -0.2) is 0 Å². The zero-order valence-electron chi connectivity index (χ0n) is 11.6. The number of fused-ring (bicyclic) bond motifs is 1. The topological polar surface area (TPSA) is 43.4 Å². The van der Waals surface area contributed by atoms with Crippen LogP contribution in [0.15, 0.2) is 24.8 Å². The Bertz CT molecular complexity index is 682. The molecule has 2 aromatic rings. The summed E-state index contributed by atoms with van der Waals surface area (Å²) in [6.45, 7) is 5.26. The lowest BCUT2D eigenvalue weighted by atomic mass is 10.1. The molecule has 0 saturated heterocycles. The number of carbonyl (C=O) groups is 2. The highest BCUT2D eigenvalue weighted by Gasteiger charge is 2.13. The fraction of sp³-hybridized carbons (Fsp3) is 0.250. The standard InChI is InChI=1S/C16H16O3S/c1-4-11-8-15-12(7-14(11)19-3)9-16(20-15)13(18)6-5-10(2)17/h4,7-9H,1,5-6H2,2-3H3. The van der Waals surface area contributed by atoms with Crippen LogP contribution in [-0.4, -0.2) is 18.7 Å². The SMILES string of the molecule is C=Cc1cc2sc(C(=O)CCC(C)=O)cc2cc1OC. The summed E-state index contributed by atoms with van der Waals surface area (Å²) in [5, 5.41) is 0.976. The second-order valence-electron chi connectivity index (χ2n) is 4.57. The lowest BCUT2D eigenvalue weighted by molar-refractivity contribution is -0.116. The van der Waals surface area contributed by atoms with Gasteiger partial charge in [-0.2, -0.15) is 0 Å². The van der Waals surface area contributed by atoms with Crippen molar-refractivity contribution in [1.29, 1.82) is 0 Å². The van der Waals surface area contributed by atoms with Crippen molar-refractivity contribution in [2.24, 2.45) is 0 Å². The number of thiophene rings is 1. The Labute approximate surface area is 121 Å². The monoisotopic (exact) mass is 288 g/mol. The molecule has 20 heavy (non-hydrogen) atoms. The van der Waals surface area contributed by atoms with Crippen LogP contribution in [0.5, 0.6) is 5.75 Å². The molecule has 0 N–H and O–H groups in total. The molecule has 0 radical (unpaired) electrons. The summed E-state index contributed by atoms with van der Waals surface area (Å²) < 4.78 is 6.32. The maximum absolute atomic E-state index is 12.0. The maximum atomic E-state index is 12.0. The van der Waals surface area contributed by atoms with E-state index in [1.165, 1.54) is 18.3 Å². The molecule has 0 saturated carbocycles. The summed E-state index contributed by atoms with van der Waals surface area (Å²) in [5.41, 5.74) is 0.907. The maximum Gasteiger partial charge on any atom is 0.173 e. The third kappa shape index (κ3) is 2.96. The van der Waals surface area contributed by atoms with Crippen LogP contribution in [-0.2, 0) is 4.79 Å². The predicted octanol–water partition coefficient (Wildman–Crippen LogP) is 4.10. The van der Waals surface area contributed by atoms with Gasteiger partial charge in [0.05, 0.1) is 12.0 Å². The van der Waals surface area contributed by atoms with Crippen LogP contribution in [0.1, 0.15) is 35.0 Å². The highest BCUT2D eigenvalue weighted by atomic mass is 32.1. The van der Waals surface area contributed by atoms with Crippen molar-refractivity contribution < 1.29 is 14.3 Å². The van der Waals surface area contributed by atoms with Crippen LogP contribution in [0.4, 0.5) is 0 Å². The first-order valence-corrected chi connectivity index (χ1v) is 7.13. The molecular weight excluding hydrogens is 272 g/mol. The van der Waals surface area contributed by atoms with Gasteiger partial charge in [-0.3, -0.25) is 4.79 Å². The van der Waals surface area contributed by atoms with Crippen molar-refractivity contribution in [1.82, 2.24) is 0 Å². The van der Waals surface area contributed by atoms with E-state index in [0.29, 0.717) is 11.3 Å². The Kier molecular flexibility index (Phi) is 4.35. The van der Waals surface area contributed by atoms with Gasteiger partial charge >= 0.3 is 0 Å². The van der Waals surface area contributed by atoms with Crippen molar-refractivity contribution in [3.8, 4) is 5.75 Å². The van der Waals surface area contributed by atoms with Gasteiger partial charge in [0.25, 0.3) is 0 Å². The van der Waals surface area contributed by atoms with E-state index in [9.17, 15) is 9.59 Å². The molecule has 1 heterocycles. The summed E-state index contributed by atoms with van der Waals surface area (Å²) in [7, 11) is 1.61. The molecule has 0 atom stereocenters. The van der Waals surface area contributed by atoms with Gasteiger partial charge in [-0.05, 0) is 30.5 Å². The highest BCUT2D eigenvalue weighted by Crippen LogP contribution is 2.33. The minimum Gasteiger partial charge on any atom is -0.496 e. The molecule has 4 heteroatoms. The van der Waals surface area contributed by atoms with Crippen molar-refractivity contribution in [2.45, 2.75) is 19.8 Å². The predicted molar refractivity (Wildman–Crippen MR) is 82.7 cm³/mol. The molecule has 0 aliphatic carbocycles. The summed E-state index contributed by atoms with van der Waals surface area (Å²) in [4.78, 5) is 23.7. The average molecular weight is 288 g/mol. The van der Waals surface area contributed by atoms with E-state index in [1.54, 1.807) is 13.2 Å². The molecule has 2 rings (SSSR count). The van der Waals surface area contributed by atoms with Gasteiger partial charge in [0.2, 0.25) is 0 Å². The number of ketones is 2. The van der Waals surface area contributed by atoms with E-state index in [1.807, 2.05) is 18.2 Å². The molecule has 1 aromatic heterocycles. The number of Topliss-reactive ketones (excluding diaryl/α,β-unsaturated/α-hetero) is 2. The molecule has 0 amide bonds. The van der Waals surface area contributed by atoms with Crippen LogP contribution in [0, 0.1) is 0 Å². The second kappa shape index (κ2) is 6.01. The summed E-state index contributed by atoms with van der Waals surface area (Å²) in [6, 6.07) is 5.73. The molecule has 3 nitrogen and oxygen atoms in total. The second-order valence-corrected chi connectivity index (χ2v) is 5.66. The lowest BCUT2D eigenvalue weighted by Gasteiger charge is -2.04. The molecule has 0 unspecified atom stereocenters. The quantitative estimate of drug-likeness (QED) is 0.751. The van der Waals surface area contributed by atoms with Crippen LogP contribution in [0.25, 0.3) is 16.2 Å². The highest BCUT2D eigenvalue weighted by molar-refractivity contribution is 7.20. The zero-order chi connectivity index (χ0) is 14.7. The number of hydrogen-bond donors (Lipinski definition) is 0. The molecule has 0 fully saturated rings. The van der Waals surface area contributed by atoms with Gasteiger partial charge in [0.1, 0.15) is 11.5 Å². The number of carbonyl (C=O) groups excluding carboxylic acids is 2. The largest absolute Gasteiger partial charge is 0.496 e. The first-order valence-electron chi connectivity index (χ1n) is 6.31. The Morgan fingerprint density at radius 2 is 2.05 bits per heavy atom. The summed E-state index contributed by atoms with van der Waals surface area (Å²) in [5.74, 6) is 0.795. The van der Waals surface area contributed by atoms with Crippen LogP contribution >= 0.6 is 11.3 Å². The molecule has 1 aromatic carbocycles. The van der Waals surface area contributed by atoms with Gasteiger partial charge in [0.15, 0.2) is 5.78 Å². The van der Waals surface area contributed by atoms with Crippen molar-refractivity contribution in [3.63, 3.8) is 0 Å². The fourth-order valence-electron chi connectivity index (χ4n) is 1.97. The smallest absolute Gasteiger partial charge is 0.173 e. The molecule has 0 aliphatic heterocycles. The summed E-state index contributed by atoms with van der Waals surface area (Å²) in [6.07, 6.45) is 2.30. The molecule has 0 aliphatic rings. The Balaban J connectivity index is 2.35. The van der Waals surface area contributed by atoms with Crippen LogP contribution in [0.3, 0.4) is 0 Å². The Morgan fingerprint density at radius 1 is 1.30 bits per heavy atom. The van der Waals surface area contributed by atoms with E-state index < -0.39 is 0 Å². The minimum atomic E-state index is 0.0144. The van der Waals surface area contributed by atoms with Gasteiger partial charge in [-0.1, -0.05) is 12.7 Å². The third-order valence-corrected chi connectivity index (χ3v) is 4.21. The molecule has 0 bridgehead atoms. The fourth-order valence-corrected chi connectivity index (χ4v) is 3.03. The van der Waals surface area contributed by atoms with Crippen molar-refractivity contribution in [3.05, 3.63) is 35.2 Å². The normalized spacial score (nSPS) is 10.5. The van der Waals surface area contributed by atoms with Crippen LogP contribution in [0.2, 0.25) is 0 Å². The zero-order valence-corrected chi connectivity index (χ0v) is 12.4. The van der Waals surface area contributed by atoms with Gasteiger partial charge < -0.3 is 9.53 Å². The first kappa shape index (κ1) is 14.5. The first-order chi connectivity index (χ1) is 9.55. The van der Waals surface area contributed by atoms with E-state index in [2.05, 4.69) is 6.58 Å². The average Bonchev–Trinajstić information content (AvgIpc) is 2.85. The Morgan fingerprint density at radius 3 is 2.65 bits per heavy atom. The van der Waals surface area contributed by atoms with E-state index in [0.717, 1.165) is 21.4 Å². The van der Waals surface area contributed by atoms with Crippen molar-refractivity contribution in [2.75, 3.05) is 7.11 Å². The number of methoxy groups -OCH3 is 1.